The summed E-state index contributed by atoms with van der Waals surface area (Å²) in [4.78, 5) is 21.4. The van der Waals surface area contributed by atoms with Crippen molar-refractivity contribution in [1.29, 1.82) is 0 Å². The Bertz CT molecular complexity index is 964. The molecule has 5 nitrogen and oxygen atoms in total. The monoisotopic (exact) mass is 366 g/mol. The quantitative estimate of drug-likeness (QED) is 0.712. The number of hydrogen-bond donors (Lipinski definition) is 0. The van der Waals surface area contributed by atoms with E-state index in [4.69, 9.17) is 4.98 Å². The predicted molar refractivity (Wildman–Crippen MR) is 104 cm³/mol. The Morgan fingerprint density at radius 1 is 1.26 bits per heavy atom. The molecule has 1 atom stereocenters. The minimum Gasteiger partial charge on any atom is -0.361 e. The van der Waals surface area contributed by atoms with Gasteiger partial charge in [-0.05, 0) is 36.2 Å². The van der Waals surface area contributed by atoms with Gasteiger partial charge in [-0.2, -0.15) is 0 Å². The maximum absolute atomic E-state index is 13.0. The van der Waals surface area contributed by atoms with Crippen LogP contribution in [0.4, 0.5) is 10.2 Å². The minimum atomic E-state index is -0.282. The van der Waals surface area contributed by atoms with Gasteiger partial charge in [-0.1, -0.05) is 12.1 Å². The first kappa shape index (κ1) is 17.5. The van der Waals surface area contributed by atoms with Crippen molar-refractivity contribution in [3.05, 3.63) is 65.9 Å². The lowest BCUT2D eigenvalue weighted by Gasteiger charge is -2.19. The number of anilines is 1. The summed E-state index contributed by atoms with van der Waals surface area (Å²) in [6.45, 7) is 1.40. The van der Waals surface area contributed by atoms with Crippen LogP contribution in [0.5, 0.6) is 0 Å². The van der Waals surface area contributed by atoms with E-state index in [2.05, 4.69) is 16.7 Å². The van der Waals surface area contributed by atoms with Crippen molar-refractivity contribution < 1.29 is 9.18 Å². The summed E-state index contributed by atoms with van der Waals surface area (Å²) in [5, 5.41) is 0. The molecule has 0 spiro atoms. The van der Waals surface area contributed by atoms with Crippen LogP contribution < -0.4 is 4.90 Å². The van der Waals surface area contributed by atoms with Crippen molar-refractivity contribution >= 4 is 17.2 Å². The molecule has 1 saturated heterocycles. The zero-order valence-electron chi connectivity index (χ0n) is 15.6. The number of benzene rings is 1. The number of nitrogens with zero attached hydrogens (tertiary/aromatic N) is 4. The molecule has 1 aliphatic heterocycles. The number of fused-ring (bicyclic) bond motifs is 1. The first-order chi connectivity index (χ1) is 13.0. The number of aromatic nitrogens is 2. The van der Waals surface area contributed by atoms with E-state index in [0.717, 1.165) is 35.6 Å². The number of halogens is 1. The summed E-state index contributed by atoms with van der Waals surface area (Å²) < 4.78 is 15.1. The summed E-state index contributed by atoms with van der Waals surface area (Å²) >= 11 is 0. The molecule has 1 aliphatic rings. The molecule has 3 heterocycles. The van der Waals surface area contributed by atoms with Crippen molar-refractivity contribution in [2.45, 2.75) is 18.8 Å². The molecule has 6 heteroatoms. The van der Waals surface area contributed by atoms with Gasteiger partial charge in [-0.3, -0.25) is 4.79 Å². The third-order valence-electron chi connectivity index (χ3n) is 5.17. The lowest BCUT2D eigenvalue weighted by atomic mass is 10.1. The van der Waals surface area contributed by atoms with Crippen LogP contribution in [0.15, 0.2) is 48.8 Å². The highest BCUT2D eigenvalue weighted by Crippen LogP contribution is 2.29. The standard InChI is InChI=1S/C21H23FN4O/c1-24(2)21-19-4-3-10-25(19)14-18(23-21)16-9-11-26(13-16)20(27)12-15-5-7-17(22)8-6-15/h3-8,10,14,16H,9,11-13H2,1-2H3. The topological polar surface area (TPSA) is 40.9 Å². The molecule has 140 valence electrons. The van der Waals surface area contributed by atoms with Gasteiger partial charge in [0.2, 0.25) is 5.91 Å². The van der Waals surface area contributed by atoms with Gasteiger partial charge in [-0.15, -0.1) is 0 Å². The van der Waals surface area contributed by atoms with E-state index in [1.807, 2.05) is 36.2 Å². The molecule has 0 saturated carbocycles. The number of amides is 1. The fourth-order valence-corrected chi connectivity index (χ4v) is 3.69. The molecule has 0 bridgehead atoms. The highest BCUT2D eigenvalue weighted by molar-refractivity contribution is 5.79. The molecule has 1 aromatic carbocycles. The highest BCUT2D eigenvalue weighted by atomic mass is 19.1. The molecule has 0 aliphatic carbocycles. The summed E-state index contributed by atoms with van der Waals surface area (Å²) in [7, 11) is 3.98. The fourth-order valence-electron chi connectivity index (χ4n) is 3.69. The molecule has 0 N–H and O–H groups in total. The van der Waals surface area contributed by atoms with Crippen LogP contribution in [0.25, 0.3) is 5.52 Å². The van der Waals surface area contributed by atoms with Crippen LogP contribution in [0.1, 0.15) is 23.6 Å². The Hall–Kier alpha value is -2.89. The van der Waals surface area contributed by atoms with Gasteiger partial charge >= 0.3 is 0 Å². The molecular weight excluding hydrogens is 343 g/mol. The zero-order chi connectivity index (χ0) is 19.0. The second kappa shape index (κ2) is 7.02. The van der Waals surface area contributed by atoms with Crippen molar-refractivity contribution in [3.63, 3.8) is 0 Å². The molecule has 1 fully saturated rings. The van der Waals surface area contributed by atoms with E-state index in [1.54, 1.807) is 12.1 Å². The van der Waals surface area contributed by atoms with Crippen LogP contribution in [0.3, 0.4) is 0 Å². The highest BCUT2D eigenvalue weighted by Gasteiger charge is 2.29. The molecule has 2 aromatic heterocycles. The Morgan fingerprint density at radius 2 is 2.04 bits per heavy atom. The fraction of sp³-hybridized carbons (Fsp3) is 0.333. The van der Waals surface area contributed by atoms with Crippen LogP contribution in [0.2, 0.25) is 0 Å². The van der Waals surface area contributed by atoms with Gasteiger partial charge in [0.05, 0.1) is 17.6 Å². The molecule has 1 amide bonds. The first-order valence-corrected chi connectivity index (χ1v) is 9.18. The SMILES string of the molecule is CN(C)c1nc(C2CCN(C(=O)Cc3ccc(F)cc3)C2)cn2cccc12. The molecule has 3 aromatic rings. The molecule has 4 rings (SSSR count). The number of rotatable bonds is 4. The van der Waals surface area contributed by atoms with Crippen LogP contribution >= 0.6 is 0 Å². The largest absolute Gasteiger partial charge is 0.361 e. The van der Waals surface area contributed by atoms with Gasteiger partial charge in [0.25, 0.3) is 0 Å². The number of carbonyl (C=O) groups is 1. The Kier molecular flexibility index (Phi) is 4.56. The normalized spacial score (nSPS) is 16.9. The smallest absolute Gasteiger partial charge is 0.227 e. The molecule has 0 radical (unpaired) electrons. The molecule has 27 heavy (non-hydrogen) atoms. The second-order valence-electron chi connectivity index (χ2n) is 7.31. The van der Waals surface area contributed by atoms with Crippen LogP contribution in [0, 0.1) is 5.82 Å². The van der Waals surface area contributed by atoms with E-state index >= 15 is 0 Å². The lowest BCUT2D eigenvalue weighted by Crippen LogP contribution is -2.30. The van der Waals surface area contributed by atoms with E-state index in [-0.39, 0.29) is 17.6 Å². The summed E-state index contributed by atoms with van der Waals surface area (Å²) in [6, 6.07) is 10.2. The number of hydrogen-bond acceptors (Lipinski definition) is 3. The second-order valence-corrected chi connectivity index (χ2v) is 7.31. The maximum Gasteiger partial charge on any atom is 0.227 e. The van der Waals surface area contributed by atoms with Gasteiger partial charge in [-0.25, -0.2) is 9.37 Å². The third-order valence-corrected chi connectivity index (χ3v) is 5.17. The summed E-state index contributed by atoms with van der Waals surface area (Å²) in [5.41, 5.74) is 2.93. The van der Waals surface area contributed by atoms with Gasteiger partial charge < -0.3 is 14.2 Å². The Labute approximate surface area is 158 Å². The zero-order valence-corrected chi connectivity index (χ0v) is 15.6. The van der Waals surface area contributed by atoms with Gasteiger partial charge in [0, 0.05) is 45.5 Å². The van der Waals surface area contributed by atoms with Gasteiger partial charge in [0.1, 0.15) is 5.82 Å². The first-order valence-electron chi connectivity index (χ1n) is 9.18. The molecular formula is C21H23FN4O. The van der Waals surface area contributed by atoms with Gasteiger partial charge in [0.15, 0.2) is 5.82 Å². The number of likely N-dealkylation sites (tertiary alicyclic amines) is 1. The maximum atomic E-state index is 13.0. The number of carbonyl (C=O) groups excluding carboxylic acids is 1. The van der Waals surface area contributed by atoms with E-state index in [0.29, 0.717) is 13.0 Å². The minimum absolute atomic E-state index is 0.0824. The van der Waals surface area contributed by atoms with E-state index in [1.165, 1.54) is 12.1 Å². The van der Waals surface area contributed by atoms with E-state index in [9.17, 15) is 9.18 Å². The van der Waals surface area contributed by atoms with Crippen molar-refractivity contribution in [3.8, 4) is 0 Å². The van der Waals surface area contributed by atoms with Crippen LogP contribution in [-0.2, 0) is 11.2 Å². The van der Waals surface area contributed by atoms with Crippen molar-refractivity contribution in [2.75, 3.05) is 32.1 Å². The third kappa shape index (κ3) is 3.52. The summed E-state index contributed by atoms with van der Waals surface area (Å²) in [6.07, 6.45) is 5.31. The van der Waals surface area contributed by atoms with Crippen LogP contribution in [-0.4, -0.2) is 47.4 Å². The predicted octanol–water partition coefficient (Wildman–Crippen LogP) is 3.10. The van der Waals surface area contributed by atoms with E-state index < -0.39 is 0 Å². The average Bonchev–Trinajstić information content (AvgIpc) is 3.31. The lowest BCUT2D eigenvalue weighted by molar-refractivity contribution is -0.129. The summed E-state index contributed by atoms with van der Waals surface area (Å²) in [5.74, 6) is 0.968. The van der Waals surface area contributed by atoms with Crippen molar-refractivity contribution in [2.24, 2.45) is 0 Å². The Balaban J connectivity index is 1.50. The Morgan fingerprint density at radius 3 is 2.78 bits per heavy atom. The average molecular weight is 366 g/mol. The molecule has 1 unspecified atom stereocenters. The van der Waals surface area contributed by atoms with Crippen molar-refractivity contribution in [1.82, 2.24) is 14.3 Å².